The Labute approximate surface area is 179 Å². The van der Waals surface area contributed by atoms with Crippen LogP contribution in [0, 0.1) is 23.0 Å². The lowest BCUT2D eigenvalue weighted by Gasteiger charge is -2.13. The molecule has 0 saturated heterocycles. The van der Waals surface area contributed by atoms with Gasteiger partial charge in [0.25, 0.3) is 0 Å². The highest BCUT2D eigenvalue weighted by atomic mass is 32.2. The van der Waals surface area contributed by atoms with E-state index in [1.54, 1.807) is 18.3 Å². The first-order valence-electron chi connectivity index (χ1n) is 9.78. The second kappa shape index (κ2) is 7.90. The van der Waals surface area contributed by atoms with Gasteiger partial charge in [0.1, 0.15) is 22.4 Å². The summed E-state index contributed by atoms with van der Waals surface area (Å²) in [6, 6.07) is 9.73. The quantitative estimate of drug-likeness (QED) is 0.384. The highest BCUT2D eigenvalue weighted by Crippen LogP contribution is 2.36. The van der Waals surface area contributed by atoms with Gasteiger partial charge in [-0.2, -0.15) is 0 Å². The van der Waals surface area contributed by atoms with Gasteiger partial charge in [-0.05, 0) is 72.7 Å². The Morgan fingerprint density at radius 2 is 1.81 bits per heavy atom. The molecule has 5 N–H and O–H groups in total. The molecule has 9 heteroatoms. The SMILES string of the molecule is N=C(N)c1cn(-c2ccc(F)cc2)c(Cc2ccc(S(N)(=O)=O)c(F)c2)c1CC1CC1. The van der Waals surface area contributed by atoms with E-state index in [9.17, 15) is 17.2 Å². The van der Waals surface area contributed by atoms with E-state index in [2.05, 4.69) is 0 Å². The summed E-state index contributed by atoms with van der Waals surface area (Å²) < 4.78 is 52.7. The van der Waals surface area contributed by atoms with Gasteiger partial charge in [0.2, 0.25) is 10.0 Å². The Balaban J connectivity index is 1.83. The van der Waals surface area contributed by atoms with Crippen LogP contribution in [0.1, 0.15) is 35.2 Å². The third-order valence-electron chi connectivity index (χ3n) is 5.48. The maximum absolute atomic E-state index is 14.4. The molecule has 0 spiro atoms. The van der Waals surface area contributed by atoms with Crippen LogP contribution in [0.25, 0.3) is 5.69 Å². The average Bonchev–Trinajstić information content (AvgIpc) is 3.43. The van der Waals surface area contributed by atoms with Crippen LogP contribution in [0.15, 0.2) is 53.6 Å². The molecule has 2 aromatic carbocycles. The molecule has 0 bridgehead atoms. The van der Waals surface area contributed by atoms with Crippen LogP contribution < -0.4 is 10.9 Å². The van der Waals surface area contributed by atoms with E-state index >= 15 is 0 Å². The smallest absolute Gasteiger partial charge is 0.240 e. The third kappa shape index (κ3) is 4.52. The second-order valence-electron chi connectivity index (χ2n) is 7.86. The lowest BCUT2D eigenvalue weighted by molar-refractivity contribution is 0.567. The number of hydrogen-bond acceptors (Lipinski definition) is 3. The van der Waals surface area contributed by atoms with Crippen LogP contribution in [0.4, 0.5) is 8.78 Å². The maximum Gasteiger partial charge on any atom is 0.240 e. The monoisotopic (exact) mass is 444 g/mol. The fourth-order valence-electron chi connectivity index (χ4n) is 3.76. The highest BCUT2D eigenvalue weighted by molar-refractivity contribution is 7.89. The number of rotatable bonds is 7. The van der Waals surface area contributed by atoms with E-state index < -0.39 is 20.7 Å². The standard InChI is InChI=1S/C22H22F2N4O2S/c23-15-4-6-16(7-5-15)28-12-18(22(25)26)17(9-13-1-2-13)20(28)11-14-3-8-21(19(24)10-14)31(27,29)30/h3-8,10,12-13H,1-2,9,11H2,(H3,25,26)(H2,27,29,30). The van der Waals surface area contributed by atoms with Gasteiger partial charge in [0, 0.05) is 29.6 Å². The Bertz CT molecular complexity index is 1260. The molecule has 0 unspecified atom stereocenters. The van der Waals surface area contributed by atoms with Crippen molar-refractivity contribution in [2.24, 2.45) is 16.8 Å². The first kappa shape index (κ1) is 21.2. The zero-order chi connectivity index (χ0) is 22.3. The number of nitrogens with two attached hydrogens (primary N) is 2. The maximum atomic E-state index is 14.4. The molecule has 31 heavy (non-hydrogen) atoms. The van der Waals surface area contributed by atoms with Gasteiger partial charge < -0.3 is 10.3 Å². The van der Waals surface area contributed by atoms with Crippen molar-refractivity contribution < 1.29 is 17.2 Å². The number of nitrogens with one attached hydrogen (secondary N) is 1. The molecule has 1 aliphatic rings. The Kier molecular flexibility index (Phi) is 5.40. The van der Waals surface area contributed by atoms with Crippen molar-refractivity contribution in [3.05, 3.63) is 82.7 Å². The topological polar surface area (TPSA) is 115 Å². The number of nitrogen functional groups attached to an aromatic ring is 1. The van der Waals surface area contributed by atoms with Crippen LogP contribution in [-0.2, 0) is 22.9 Å². The second-order valence-corrected chi connectivity index (χ2v) is 9.39. The number of primary sulfonamides is 1. The van der Waals surface area contributed by atoms with Crippen LogP contribution in [0.3, 0.4) is 0 Å². The Hall–Kier alpha value is -3.04. The van der Waals surface area contributed by atoms with Crippen LogP contribution in [-0.4, -0.2) is 18.8 Å². The highest BCUT2D eigenvalue weighted by Gasteiger charge is 2.27. The van der Waals surface area contributed by atoms with Crippen LogP contribution in [0.2, 0.25) is 0 Å². The summed E-state index contributed by atoms with van der Waals surface area (Å²) in [5, 5.41) is 13.1. The zero-order valence-corrected chi connectivity index (χ0v) is 17.4. The van der Waals surface area contributed by atoms with E-state index in [-0.39, 0.29) is 18.1 Å². The zero-order valence-electron chi connectivity index (χ0n) is 16.6. The Morgan fingerprint density at radius 1 is 1.13 bits per heavy atom. The molecule has 6 nitrogen and oxygen atoms in total. The summed E-state index contributed by atoms with van der Waals surface area (Å²) in [7, 11) is -4.16. The number of hydrogen-bond donors (Lipinski definition) is 3. The van der Waals surface area contributed by atoms with Crippen molar-refractivity contribution in [3.63, 3.8) is 0 Å². The number of halogens is 2. The molecule has 4 rings (SSSR count). The average molecular weight is 445 g/mol. The number of aromatic nitrogens is 1. The lowest BCUT2D eigenvalue weighted by atomic mass is 9.99. The van der Waals surface area contributed by atoms with Gasteiger partial charge in [-0.25, -0.2) is 22.3 Å². The van der Waals surface area contributed by atoms with Gasteiger partial charge in [-0.1, -0.05) is 6.07 Å². The number of amidine groups is 1. The first-order valence-corrected chi connectivity index (χ1v) is 11.3. The van der Waals surface area contributed by atoms with Crippen molar-refractivity contribution in [1.82, 2.24) is 4.57 Å². The number of sulfonamides is 1. The summed E-state index contributed by atoms with van der Waals surface area (Å²) in [5.74, 6) is -0.866. The largest absolute Gasteiger partial charge is 0.384 e. The predicted octanol–water partition coefficient (Wildman–Crippen LogP) is 3.23. The van der Waals surface area contributed by atoms with Crippen molar-refractivity contribution >= 4 is 15.9 Å². The van der Waals surface area contributed by atoms with Gasteiger partial charge in [-0.15, -0.1) is 0 Å². The predicted molar refractivity (Wildman–Crippen MR) is 114 cm³/mol. The molecule has 1 aliphatic carbocycles. The van der Waals surface area contributed by atoms with Crippen molar-refractivity contribution in [2.45, 2.75) is 30.6 Å². The molecule has 1 heterocycles. The third-order valence-corrected chi connectivity index (χ3v) is 6.43. The number of benzene rings is 2. The molecule has 162 valence electrons. The molecule has 3 aromatic rings. The minimum atomic E-state index is -4.16. The van der Waals surface area contributed by atoms with Crippen molar-refractivity contribution in [1.29, 1.82) is 5.41 Å². The fourth-order valence-corrected chi connectivity index (χ4v) is 4.35. The summed E-state index contributed by atoms with van der Waals surface area (Å²) in [4.78, 5) is -0.562. The summed E-state index contributed by atoms with van der Waals surface area (Å²) >= 11 is 0. The molecule has 0 aliphatic heterocycles. The molecule has 0 atom stereocenters. The number of nitrogens with zero attached hydrogens (tertiary/aromatic N) is 1. The molecular weight excluding hydrogens is 422 g/mol. The van der Waals surface area contributed by atoms with Gasteiger partial charge in [0.15, 0.2) is 0 Å². The molecule has 0 radical (unpaired) electrons. The van der Waals surface area contributed by atoms with E-state index in [1.165, 1.54) is 18.2 Å². The summed E-state index contributed by atoms with van der Waals surface area (Å²) in [6.45, 7) is 0. The minimum Gasteiger partial charge on any atom is -0.384 e. The summed E-state index contributed by atoms with van der Waals surface area (Å²) in [6.07, 6.45) is 4.94. The summed E-state index contributed by atoms with van der Waals surface area (Å²) in [5.41, 5.74) is 9.36. The van der Waals surface area contributed by atoms with E-state index in [0.29, 0.717) is 22.7 Å². The van der Waals surface area contributed by atoms with Gasteiger partial charge in [0.05, 0.1) is 0 Å². The fraction of sp³-hybridized carbons (Fsp3) is 0.227. The normalized spacial score (nSPS) is 14.0. The van der Waals surface area contributed by atoms with E-state index in [4.69, 9.17) is 16.3 Å². The molecule has 1 saturated carbocycles. The van der Waals surface area contributed by atoms with Crippen LogP contribution >= 0.6 is 0 Å². The molecule has 1 aromatic heterocycles. The van der Waals surface area contributed by atoms with Crippen molar-refractivity contribution in [3.8, 4) is 5.69 Å². The minimum absolute atomic E-state index is 0.0754. The van der Waals surface area contributed by atoms with Crippen LogP contribution in [0.5, 0.6) is 0 Å². The van der Waals surface area contributed by atoms with Gasteiger partial charge in [-0.3, -0.25) is 5.41 Å². The first-order chi connectivity index (χ1) is 14.6. The molecular formula is C22H22F2N4O2S. The van der Waals surface area contributed by atoms with Gasteiger partial charge >= 0.3 is 0 Å². The van der Waals surface area contributed by atoms with E-state index in [0.717, 1.165) is 42.7 Å². The van der Waals surface area contributed by atoms with Crippen molar-refractivity contribution in [2.75, 3.05) is 0 Å². The lowest BCUT2D eigenvalue weighted by Crippen LogP contribution is -2.14. The Morgan fingerprint density at radius 3 is 2.35 bits per heavy atom. The van der Waals surface area contributed by atoms with E-state index in [1.807, 2.05) is 4.57 Å². The molecule has 1 fully saturated rings. The molecule has 0 amide bonds.